The maximum absolute atomic E-state index is 5.60. The number of hydrogen-bond donors (Lipinski definition) is 0. The van der Waals surface area contributed by atoms with Crippen LogP contribution >= 0.6 is 0 Å². The van der Waals surface area contributed by atoms with Crippen molar-refractivity contribution in [2.45, 2.75) is 131 Å². The first-order valence-corrected chi connectivity index (χ1v) is 12.2. The number of rotatable bonds is 16. The molecule has 0 radical (unpaired) electrons. The fraction of sp³-hybridized carbons (Fsp3) is 1.00. The Morgan fingerprint density at radius 1 is 0.414 bits per heavy atom. The molecule has 9 heteroatoms. The fourth-order valence-corrected chi connectivity index (χ4v) is 2.45. The fourth-order valence-electron chi connectivity index (χ4n) is 0.974. The van der Waals surface area contributed by atoms with Gasteiger partial charge in [-0.1, -0.05) is 27.7 Å². The molecule has 0 spiro atoms. The molecule has 0 aliphatic carbocycles. The van der Waals surface area contributed by atoms with E-state index in [4.69, 9.17) is 37.9 Å². The monoisotopic (exact) mass is 440 g/mol. The standard InChI is InChI=1S/C20H44O8Si/c1-13-17(5,6)21-25-29(26-22-18(7,8)14-2,27-23-19(9,10)15-3)28-24-20(11,12)16-4/h13-16H2,1-12H3. The van der Waals surface area contributed by atoms with Crippen molar-refractivity contribution < 1.29 is 37.9 Å². The van der Waals surface area contributed by atoms with Gasteiger partial charge >= 0.3 is 9.05 Å². The third kappa shape index (κ3) is 11.8. The van der Waals surface area contributed by atoms with Crippen LogP contribution in [-0.4, -0.2) is 31.5 Å². The highest BCUT2D eigenvalue weighted by molar-refractivity contribution is 6.52. The van der Waals surface area contributed by atoms with Gasteiger partial charge in [-0.2, -0.15) is 18.3 Å². The zero-order valence-electron chi connectivity index (χ0n) is 20.6. The van der Waals surface area contributed by atoms with Crippen LogP contribution in [0, 0.1) is 0 Å². The van der Waals surface area contributed by atoms with E-state index in [-0.39, 0.29) is 0 Å². The van der Waals surface area contributed by atoms with Gasteiger partial charge < -0.3 is 0 Å². The summed E-state index contributed by atoms with van der Waals surface area (Å²) in [6.45, 7) is 22.9. The van der Waals surface area contributed by atoms with Crippen LogP contribution in [0.25, 0.3) is 0 Å². The van der Waals surface area contributed by atoms with Crippen molar-refractivity contribution in [1.82, 2.24) is 0 Å². The van der Waals surface area contributed by atoms with Crippen LogP contribution in [0.15, 0.2) is 0 Å². The van der Waals surface area contributed by atoms with Crippen molar-refractivity contribution in [3.05, 3.63) is 0 Å². The Labute approximate surface area is 178 Å². The zero-order chi connectivity index (χ0) is 23.0. The van der Waals surface area contributed by atoms with Crippen molar-refractivity contribution in [2.75, 3.05) is 0 Å². The summed E-state index contributed by atoms with van der Waals surface area (Å²) in [4.78, 5) is 22.3. The Bertz CT molecular complexity index is 380. The summed E-state index contributed by atoms with van der Waals surface area (Å²) in [7, 11) is -4.19. The molecule has 0 amide bonds. The summed E-state index contributed by atoms with van der Waals surface area (Å²) < 4.78 is 22.4. The maximum Gasteiger partial charge on any atom is 0.792 e. The maximum atomic E-state index is 5.60. The molecule has 8 nitrogen and oxygen atoms in total. The van der Waals surface area contributed by atoms with Crippen molar-refractivity contribution in [3.8, 4) is 0 Å². The van der Waals surface area contributed by atoms with Gasteiger partial charge in [0.15, 0.2) is 0 Å². The molecular formula is C20H44O8Si. The van der Waals surface area contributed by atoms with Gasteiger partial charge in [-0.05, 0) is 81.1 Å². The highest BCUT2D eigenvalue weighted by atomic mass is 28.4. The molecule has 0 fully saturated rings. The lowest BCUT2D eigenvalue weighted by Crippen LogP contribution is -2.54. The summed E-state index contributed by atoms with van der Waals surface area (Å²) >= 11 is 0. The van der Waals surface area contributed by atoms with Crippen LogP contribution in [0.3, 0.4) is 0 Å². The second-order valence-electron chi connectivity index (χ2n) is 9.62. The Hall–Kier alpha value is -0.103. The minimum atomic E-state index is -4.19. The molecule has 0 saturated heterocycles. The first-order chi connectivity index (χ1) is 13.1. The predicted molar refractivity (Wildman–Crippen MR) is 112 cm³/mol. The molecule has 0 aliphatic heterocycles. The molecule has 0 bridgehead atoms. The lowest BCUT2D eigenvalue weighted by Gasteiger charge is -2.34. The molecule has 0 N–H and O–H groups in total. The van der Waals surface area contributed by atoms with Gasteiger partial charge in [0, 0.05) is 0 Å². The van der Waals surface area contributed by atoms with E-state index in [1.54, 1.807) is 0 Å². The van der Waals surface area contributed by atoms with Gasteiger partial charge in [0.2, 0.25) is 0 Å². The highest BCUT2D eigenvalue weighted by Gasteiger charge is 2.58. The van der Waals surface area contributed by atoms with Crippen molar-refractivity contribution in [1.29, 1.82) is 0 Å². The van der Waals surface area contributed by atoms with Gasteiger partial charge in [0.05, 0.1) is 22.4 Å². The van der Waals surface area contributed by atoms with E-state index in [1.807, 2.05) is 83.1 Å². The van der Waals surface area contributed by atoms with E-state index < -0.39 is 31.5 Å². The molecule has 0 rings (SSSR count). The van der Waals surface area contributed by atoms with Crippen LogP contribution in [0.4, 0.5) is 0 Å². The summed E-state index contributed by atoms with van der Waals surface area (Å²) in [5.41, 5.74) is -2.46. The average molecular weight is 441 g/mol. The van der Waals surface area contributed by atoms with Crippen molar-refractivity contribution in [3.63, 3.8) is 0 Å². The molecule has 0 heterocycles. The minimum Gasteiger partial charge on any atom is -0.235 e. The Kier molecular flexibility index (Phi) is 11.5. The van der Waals surface area contributed by atoms with E-state index in [0.717, 1.165) is 0 Å². The zero-order valence-corrected chi connectivity index (χ0v) is 21.6. The third-order valence-corrected chi connectivity index (χ3v) is 6.03. The quantitative estimate of drug-likeness (QED) is 0.165. The average Bonchev–Trinajstić information content (AvgIpc) is 2.67. The van der Waals surface area contributed by atoms with E-state index in [1.165, 1.54) is 0 Å². The molecule has 29 heavy (non-hydrogen) atoms. The number of hydrogen-bond acceptors (Lipinski definition) is 8. The van der Waals surface area contributed by atoms with E-state index >= 15 is 0 Å². The van der Waals surface area contributed by atoms with Crippen molar-refractivity contribution in [2.24, 2.45) is 0 Å². The normalized spacial score (nSPS) is 14.5. The molecule has 0 aromatic rings. The van der Waals surface area contributed by atoms with Gasteiger partial charge in [-0.15, -0.1) is 0 Å². The topological polar surface area (TPSA) is 73.8 Å². The van der Waals surface area contributed by atoms with Crippen LogP contribution in [-0.2, 0) is 37.9 Å². The molecule has 0 aromatic heterocycles. The molecular weight excluding hydrogens is 396 g/mol. The molecule has 0 aliphatic rings. The second-order valence-corrected chi connectivity index (χ2v) is 11.3. The van der Waals surface area contributed by atoms with Crippen LogP contribution in [0.1, 0.15) is 109 Å². The van der Waals surface area contributed by atoms with Gasteiger partial charge in [-0.25, -0.2) is 19.6 Å². The van der Waals surface area contributed by atoms with Gasteiger partial charge in [0.25, 0.3) is 0 Å². The Morgan fingerprint density at radius 2 is 0.586 bits per heavy atom. The lowest BCUT2D eigenvalue weighted by atomic mass is 10.1. The summed E-state index contributed by atoms with van der Waals surface area (Å²) in [5.74, 6) is 0. The first-order valence-electron chi connectivity index (χ1n) is 10.5. The summed E-state index contributed by atoms with van der Waals surface area (Å²) in [6, 6.07) is 0. The second kappa shape index (κ2) is 11.5. The molecule has 176 valence electrons. The van der Waals surface area contributed by atoms with Gasteiger partial charge in [-0.3, -0.25) is 0 Å². The third-order valence-electron chi connectivity index (χ3n) is 4.88. The Balaban J connectivity index is 5.72. The highest BCUT2D eigenvalue weighted by Crippen LogP contribution is 2.28. The minimum absolute atomic E-state index is 0.616. The molecule has 0 unspecified atom stereocenters. The van der Waals surface area contributed by atoms with Crippen LogP contribution < -0.4 is 0 Å². The van der Waals surface area contributed by atoms with Crippen molar-refractivity contribution >= 4 is 9.05 Å². The predicted octanol–water partition coefficient (Wildman–Crippen LogP) is 5.97. The van der Waals surface area contributed by atoms with E-state index in [0.29, 0.717) is 25.7 Å². The Morgan fingerprint density at radius 3 is 0.724 bits per heavy atom. The lowest BCUT2D eigenvalue weighted by molar-refractivity contribution is -0.471. The summed E-state index contributed by atoms with van der Waals surface area (Å²) in [6.07, 6.45) is 2.73. The van der Waals surface area contributed by atoms with E-state index in [2.05, 4.69) is 0 Å². The first kappa shape index (κ1) is 28.9. The van der Waals surface area contributed by atoms with Crippen LogP contribution in [0.2, 0.25) is 0 Å². The molecule has 0 aromatic carbocycles. The summed E-state index contributed by atoms with van der Waals surface area (Å²) in [5, 5.41) is 0. The molecule has 0 atom stereocenters. The van der Waals surface area contributed by atoms with Gasteiger partial charge in [0.1, 0.15) is 0 Å². The largest absolute Gasteiger partial charge is 0.792 e. The van der Waals surface area contributed by atoms with E-state index in [9.17, 15) is 0 Å². The van der Waals surface area contributed by atoms with Crippen LogP contribution in [0.5, 0.6) is 0 Å². The molecule has 0 saturated carbocycles. The smallest absolute Gasteiger partial charge is 0.235 e. The SMILES string of the molecule is CCC(C)(C)OO[Si](OOC(C)(C)CC)(OOC(C)(C)CC)OOC(C)(C)CC.